The molecule has 1 saturated heterocycles. The predicted molar refractivity (Wildman–Crippen MR) is 113 cm³/mol. The van der Waals surface area contributed by atoms with Gasteiger partial charge in [-0.25, -0.2) is 4.98 Å². The normalized spacial score (nSPS) is 19.6. The number of piperidine rings is 1. The third-order valence-corrected chi connectivity index (χ3v) is 7.02. The van der Waals surface area contributed by atoms with E-state index < -0.39 is 5.91 Å². The number of aromatic amines is 1. The highest BCUT2D eigenvalue weighted by atomic mass is 35.5. The van der Waals surface area contributed by atoms with Crippen molar-refractivity contribution in [2.75, 3.05) is 29.9 Å². The minimum Gasteiger partial charge on any atom is -0.384 e. The number of aryl methyl sites for hydroxylation is 1. The van der Waals surface area contributed by atoms with Crippen molar-refractivity contribution < 1.29 is 4.79 Å². The van der Waals surface area contributed by atoms with E-state index in [9.17, 15) is 9.59 Å². The van der Waals surface area contributed by atoms with Crippen molar-refractivity contribution in [1.29, 1.82) is 0 Å². The zero-order chi connectivity index (χ0) is 20.2. The van der Waals surface area contributed by atoms with Gasteiger partial charge in [0.2, 0.25) is 11.9 Å². The van der Waals surface area contributed by atoms with E-state index in [-0.39, 0.29) is 11.0 Å². The average molecular weight is 414 g/mol. The monoisotopic (exact) mass is 413 g/mol. The first-order chi connectivity index (χ1) is 14.0. The number of carbonyl (C=O) groups is 1. The summed E-state index contributed by atoms with van der Waals surface area (Å²) in [6.45, 7) is 2.36. The highest BCUT2D eigenvalue weighted by Gasteiger charge is 2.43. The zero-order valence-electron chi connectivity index (χ0n) is 16.2. The summed E-state index contributed by atoms with van der Waals surface area (Å²) in [5, 5.41) is 4.01. The summed E-state index contributed by atoms with van der Waals surface area (Å²) in [6, 6.07) is 3.47. The number of primary amides is 1. The Balaban J connectivity index is 1.40. The number of nitrogens with two attached hydrogens (primary N) is 1. The van der Waals surface area contributed by atoms with Crippen LogP contribution in [0.25, 0.3) is 0 Å². The van der Waals surface area contributed by atoms with Crippen LogP contribution in [0.5, 0.6) is 0 Å². The van der Waals surface area contributed by atoms with Gasteiger partial charge in [-0.3, -0.25) is 14.6 Å². The number of H-pyrrole nitrogens is 1. The molecule has 29 heavy (non-hydrogen) atoms. The van der Waals surface area contributed by atoms with Gasteiger partial charge in [0.1, 0.15) is 0 Å². The molecule has 4 N–H and O–H groups in total. The molecule has 152 valence electrons. The number of amides is 1. The molecule has 0 bridgehead atoms. The molecule has 1 aliphatic carbocycles. The molecule has 3 aliphatic rings. The number of benzene rings is 1. The summed E-state index contributed by atoms with van der Waals surface area (Å²) >= 11 is 6.57. The Morgan fingerprint density at radius 2 is 1.97 bits per heavy atom. The van der Waals surface area contributed by atoms with Crippen LogP contribution in [0.4, 0.5) is 11.6 Å². The third-order valence-electron chi connectivity index (χ3n) is 6.72. The van der Waals surface area contributed by atoms with Crippen LogP contribution in [-0.4, -0.2) is 35.5 Å². The lowest BCUT2D eigenvalue weighted by Crippen LogP contribution is -2.45. The van der Waals surface area contributed by atoms with Gasteiger partial charge in [-0.05, 0) is 50.7 Å². The summed E-state index contributed by atoms with van der Waals surface area (Å²) < 4.78 is 0. The fourth-order valence-corrected chi connectivity index (χ4v) is 5.51. The number of nitrogens with one attached hydrogen (secondary N) is 2. The van der Waals surface area contributed by atoms with Gasteiger partial charge < -0.3 is 16.0 Å². The van der Waals surface area contributed by atoms with Crippen LogP contribution in [0.2, 0.25) is 5.02 Å². The van der Waals surface area contributed by atoms with Crippen molar-refractivity contribution >= 4 is 29.1 Å². The van der Waals surface area contributed by atoms with E-state index in [0.29, 0.717) is 16.5 Å². The molecule has 2 aromatic rings. The smallest absolute Gasteiger partial charge is 0.255 e. The molecule has 1 fully saturated rings. The molecular weight excluding hydrogens is 390 g/mol. The summed E-state index contributed by atoms with van der Waals surface area (Å²) in [5.74, 6) is 0.210. The van der Waals surface area contributed by atoms with Crippen molar-refractivity contribution in [3.05, 3.63) is 49.9 Å². The number of hydrogen-bond donors (Lipinski definition) is 3. The Bertz CT molecular complexity index is 1060. The number of carbonyl (C=O) groups excluding carboxylic acids is 1. The summed E-state index contributed by atoms with van der Waals surface area (Å²) in [6.07, 6.45) is 5.66. The maximum Gasteiger partial charge on any atom is 0.255 e. The molecule has 5 rings (SSSR count). The average Bonchev–Trinajstić information content (AvgIpc) is 3.07. The second kappa shape index (κ2) is 6.76. The number of hydrogen-bond acceptors (Lipinski definition) is 5. The first kappa shape index (κ1) is 18.5. The molecule has 7 nitrogen and oxygen atoms in total. The fourth-order valence-electron chi connectivity index (χ4n) is 5.09. The highest BCUT2D eigenvalue weighted by Crippen LogP contribution is 2.48. The standard InChI is InChI=1S/C21H24ClN5O2/c22-14-9-12(18(23)28)10-16-17(14)21(11-24-16)5-7-27(8-6-21)20-25-15-4-2-1-3-13(15)19(29)26-20/h9-10,24H,1-8,11H2,(H2,23,28)(H,25,26,29). The molecule has 1 amide bonds. The summed E-state index contributed by atoms with van der Waals surface area (Å²) in [7, 11) is 0. The molecule has 3 heterocycles. The van der Waals surface area contributed by atoms with E-state index in [1.165, 1.54) is 0 Å². The van der Waals surface area contributed by atoms with Crippen LogP contribution < -0.4 is 21.5 Å². The summed E-state index contributed by atoms with van der Waals surface area (Å²) in [4.78, 5) is 34.0. The Labute approximate surface area is 173 Å². The number of nitrogens with zero attached hydrogens (tertiary/aromatic N) is 2. The van der Waals surface area contributed by atoms with E-state index in [4.69, 9.17) is 22.3 Å². The number of rotatable bonds is 2. The van der Waals surface area contributed by atoms with Crippen molar-refractivity contribution in [3.8, 4) is 0 Å². The molecule has 0 radical (unpaired) electrons. The molecule has 1 spiro atoms. The largest absolute Gasteiger partial charge is 0.384 e. The Hall–Kier alpha value is -2.54. The van der Waals surface area contributed by atoms with Crippen LogP contribution in [0.3, 0.4) is 0 Å². The minimum atomic E-state index is -0.477. The first-order valence-electron chi connectivity index (χ1n) is 10.2. The molecular formula is C21H24ClN5O2. The molecule has 1 aromatic heterocycles. The van der Waals surface area contributed by atoms with Crippen molar-refractivity contribution in [3.63, 3.8) is 0 Å². The lowest BCUT2D eigenvalue weighted by Gasteiger charge is -2.40. The molecule has 1 aromatic carbocycles. The van der Waals surface area contributed by atoms with E-state index in [0.717, 1.165) is 80.7 Å². The molecule has 0 atom stereocenters. The topological polar surface area (TPSA) is 104 Å². The zero-order valence-corrected chi connectivity index (χ0v) is 16.9. The highest BCUT2D eigenvalue weighted by molar-refractivity contribution is 6.32. The second-order valence-corrected chi connectivity index (χ2v) is 8.79. The number of halogens is 1. The first-order valence-corrected chi connectivity index (χ1v) is 10.6. The Kier molecular flexibility index (Phi) is 4.31. The summed E-state index contributed by atoms with van der Waals surface area (Å²) in [5.41, 5.74) is 9.59. The van der Waals surface area contributed by atoms with E-state index in [1.54, 1.807) is 12.1 Å². The Morgan fingerprint density at radius 3 is 2.72 bits per heavy atom. The van der Waals surface area contributed by atoms with Crippen LogP contribution >= 0.6 is 11.6 Å². The third kappa shape index (κ3) is 2.99. The van der Waals surface area contributed by atoms with Gasteiger partial charge in [-0.15, -0.1) is 0 Å². The maximum atomic E-state index is 12.5. The number of aromatic nitrogens is 2. The number of fused-ring (bicyclic) bond motifs is 3. The van der Waals surface area contributed by atoms with Crippen molar-refractivity contribution in [1.82, 2.24) is 9.97 Å². The van der Waals surface area contributed by atoms with Gasteiger partial charge in [0.05, 0.1) is 5.69 Å². The van der Waals surface area contributed by atoms with E-state index >= 15 is 0 Å². The van der Waals surface area contributed by atoms with Crippen LogP contribution in [-0.2, 0) is 18.3 Å². The van der Waals surface area contributed by atoms with Crippen molar-refractivity contribution in [2.45, 2.75) is 43.9 Å². The van der Waals surface area contributed by atoms with Gasteiger partial charge >= 0.3 is 0 Å². The van der Waals surface area contributed by atoms with E-state index in [2.05, 4.69) is 15.2 Å². The van der Waals surface area contributed by atoms with Gasteiger partial charge in [0, 0.05) is 52.4 Å². The lowest BCUT2D eigenvalue weighted by atomic mass is 9.74. The van der Waals surface area contributed by atoms with Gasteiger partial charge in [0.15, 0.2) is 0 Å². The van der Waals surface area contributed by atoms with Crippen LogP contribution in [0.1, 0.15) is 52.9 Å². The van der Waals surface area contributed by atoms with Crippen LogP contribution in [0, 0.1) is 0 Å². The van der Waals surface area contributed by atoms with Gasteiger partial charge in [-0.2, -0.15) is 0 Å². The Morgan fingerprint density at radius 1 is 1.21 bits per heavy atom. The van der Waals surface area contributed by atoms with Crippen molar-refractivity contribution in [2.24, 2.45) is 5.73 Å². The van der Waals surface area contributed by atoms with E-state index in [1.807, 2.05) is 0 Å². The van der Waals surface area contributed by atoms with Gasteiger partial charge in [0.25, 0.3) is 5.56 Å². The SMILES string of the molecule is NC(=O)c1cc(Cl)c2c(c1)NCC21CCN(c2nc3c(c(=O)[nH]2)CCCC3)CC1. The molecule has 0 saturated carbocycles. The quantitative estimate of drug-likeness (QED) is 0.701. The molecule has 8 heteroatoms. The lowest BCUT2D eigenvalue weighted by molar-refractivity contribution is 0.100. The molecule has 0 unspecified atom stereocenters. The number of anilines is 2. The van der Waals surface area contributed by atoms with Crippen LogP contribution in [0.15, 0.2) is 16.9 Å². The molecule has 2 aliphatic heterocycles. The predicted octanol–water partition coefficient (Wildman–Crippen LogP) is 2.36. The van der Waals surface area contributed by atoms with Gasteiger partial charge in [-0.1, -0.05) is 11.6 Å². The maximum absolute atomic E-state index is 12.5. The minimum absolute atomic E-state index is 0.0138. The second-order valence-electron chi connectivity index (χ2n) is 8.39. The fraction of sp³-hybridized carbons (Fsp3) is 0.476.